The van der Waals surface area contributed by atoms with Gasteiger partial charge in [-0.25, -0.2) is 0 Å². The van der Waals surface area contributed by atoms with Crippen molar-refractivity contribution < 1.29 is 0 Å². The van der Waals surface area contributed by atoms with Crippen molar-refractivity contribution in [2.24, 2.45) is 0 Å². The second kappa shape index (κ2) is 26.5. The van der Waals surface area contributed by atoms with E-state index in [9.17, 15) is 0 Å². The molecule has 0 saturated heterocycles. The first-order valence-corrected chi connectivity index (χ1v) is 2.03. The number of hydrogen-bond donors (Lipinski definition) is 0. The Hall–Kier alpha value is 0.320. The molecule has 0 fully saturated rings. The number of halogens is 2. The monoisotopic (exact) mass is 158 g/mol. The molecule has 0 radical (unpaired) electrons. The first-order chi connectivity index (χ1) is 2.41. The van der Waals surface area contributed by atoms with Crippen LogP contribution in [0.3, 0.4) is 0 Å². The highest BCUT2D eigenvalue weighted by Crippen LogP contribution is 1.73. The molecular formula is C6H16Cl2. The summed E-state index contributed by atoms with van der Waals surface area (Å²) in [6.45, 7) is 4.16. The minimum absolute atomic E-state index is 0. The quantitative estimate of drug-likeness (QED) is 0.514. The molecule has 0 saturated carbocycles. The van der Waals surface area contributed by atoms with Crippen LogP contribution >= 0.6 is 24.8 Å². The van der Waals surface area contributed by atoms with Gasteiger partial charge in [-0.15, -0.1) is 24.8 Å². The second-order valence-corrected chi connectivity index (χ2v) is 0.977. The van der Waals surface area contributed by atoms with Gasteiger partial charge in [0.25, 0.3) is 0 Å². The smallest absolute Gasteiger partial charge is 0.0379 e. The van der Waals surface area contributed by atoms with E-state index in [0.717, 1.165) is 6.42 Å². The van der Waals surface area contributed by atoms with E-state index in [0.29, 0.717) is 0 Å². The summed E-state index contributed by atoms with van der Waals surface area (Å²) in [5.74, 6) is 0. The van der Waals surface area contributed by atoms with Crippen LogP contribution in [0.5, 0.6) is 0 Å². The average molecular weight is 159 g/mol. The lowest BCUT2D eigenvalue weighted by Gasteiger charge is -1.65. The summed E-state index contributed by atoms with van der Waals surface area (Å²) in [6, 6.07) is 0. The van der Waals surface area contributed by atoms with Crippen molar-refractivity contribution >= 4 is 24.8 Å². The Morgan fingerprint density at radius 2 is 1.62 bits per heavy atom. The number of allylic oxidation sites excluding steroid dienone is 2. The van der Waals surface area contributed by atoms with Gasteiger partial charge < -0.3 is 0 Å². The van der Waals surface area contributed by atoms with Crippen LogP contribution in [0.25, 0.3) is 0 Å². The standard InChI is InChI=1S/C5H10.CH4.2ClH/c1-3-5-4-2;;;/h3,5H,4H2,1-2H3;1H4;2*1H. The molecule has 0 rings (SSSR count). The van der Waals surface area contributed by atoms with E-state index in [1.807, 2.05) is 6.92 Å². The van der Waals surface area contributed by atoms with E-state index in [4.69, 9.17) is 0 Å². The molecule has 0 bridgehead atoms. The summed E-state index contributed by atoms with van der Waals surface area (Å²) in [4.78, 5) is 0. The predicted octanol–water partition coefficient (Wildman–Crippen LogP) is 3.45. The highest BCUT2D eigenvalue weighted by Gasteiger charge is 1.52. The maximum absolute atomic E-state index is 2.12. The van der Waals surface area contributed by atoms with E-state index >= 15 is 0 Å². The summed E-state index contributed by atoms with van der Waals surface area (Å²) in [5, 5.41) is 0. The molecule has 0 heterocycles. The lowest BCUT2D eigenvalue weighted by Crippen LogP contribution is -1.43. The molecule has 8 heavy (non-hydrogen) atoms. The molecule has 2 heteroatoms. The fraction of sp³-hybridized carbons (Fsp3) is 0.667. The van der Waals surface area contributed by atoms with Gasteiger partial charge in [0.15, 0.2) is 0 Å². The van der Waals surface area contributed by atoms with E-state index in [1.165, 1.54) is 0 Å². The average Bonchev–Trinajstić information content (AvgIpc) is 1.41. The lowest BCUT2D eigenvalue weighted by atomic mass is 10.4. The van der Waals surface area contributed by atoms with E-state index in [1.54, 1.807) is 0 Å². The molecule has 0 aromatic carbocycles. The molecule has 0 spiro atoms. The lowest BCUT2D eigenvalue weighted by molar-refractivity contribution is 1.22. The Kier molecular flexibility index (Phi) is 79.2. The SMILES string of the molecule is C.CC=CCC.Cl.Cl. The van der Waals surface area contributed by atoms with Crippen molar-refractivity contribution in [3.8, 4) is 0 Å². The van der Waals surface area contributed by atoms with Gasteiger partial charge in [0.1, 0.15) is 0 Å². The highest BCUT2D eigenvalue weighted by atomic mass is 35.5. The zero-order valence-electron chi connectivity index (χ0n) is 4.68. The highest BCUT2D eigenvalue weighted by molar-refractivity contribution is 5.85. The maximum atomic E-state index is 2.12. The molecule has 0 aliphatic carbocycles. The van der Waals surface area contributed by atoms with Gasteiger partial charge in [-0.3, -0.25) is 0 Å². The summed E-state index contributed by atoms with van der Waals surface area (Å²) < 4.78 is 0. The van der Waals surface area contributed by atoms with Crippen molar-refractivity contribution in [1.29, 1.82) is 0 Å². The minimum atomic E-state index is 0. The molecule has 54 valence electrons. The first-order valence-electron chi connectivity index (χ1n) is 2.03. The Morgan fingerprint density at radius 3 is 1.62 bits per heavy atom. The fourth-order valence-electron chi connectivity index (χ4n) is 0.236. The Labute approximate surface area is 65.2 Å². The van der Waals surface area contributed by atoms with E-state index in [2.05, 4.69) is 19.1 Å². The third kappa shape index (κ3) is 33.2. The molecule has 0 aliphatic heterocycles. The zero-order valence-corrected chi connectivity index (χ0v) is 6.31. The number of hydrogen-bond acceptors (Lipinski definition) is 0. The van der Waals surface area contributed by atoms with Crippen LogP contribution in [0.1, 0.15) is 27.7 Å². The van der Waals surface area contributed by atoms with Gasteiger partial charge in [-0.2, -0.15) is 0 Å². The van der Waals surface area contributed by atoms with E-state index in [-0.39, 0.29) is 32.2 Å². The first kappa shape index (κ1) is 23.9. The summed E-state index contributed by atoms with van der Waals surface area (Å²) in [7, 11) is 0. The van der Waals surface area contributed by atoms with Crippen molar-refractivity contribution in [3.05, 3.63) is 12.2 Å². The molecule has 0 nitrogen and oxygen atoms in total. The molecule has 0 N–H and O–H groups in total. The maximum Gasteiger partial charge on any atom is -0.0379 e. The Bertz CT molecular complexity index is 33.5. The van der Waals surface area contributed by atoms with Gasteiger partial charge in [0.2, 0.25) is 0 Å². The van der Waals surface area contributed by atoms with Gasteiger partial charge in [-0.05, 0) is 13.3 Å². The molecular weight excluding hydrogens is 143 g/mol. The third-order valence-corrected chi connectivity index (χ3v) is 0.471. The van der Waals surface area contributed by atoms with Crippen LogP contribution in [0, 0.1) is 0 Å². The Balaban J connectivity index is -0.0000000267. The topological polar surface area (TPSA) is 0 Å². The van der Waals surface area contributed by atoms with E-state index < -0.39 is 0 Å². The van der Waals surface area contributed by atoms with Crippen LogP contribution in [0.4, 0.5) is 0 Å². The van der Waals surface area contributed by atoms with Gasteiger partial charge in [0, 0.05) is 0 Å². The molecule has 0 unspecified atom stereocenters. The zero-order chi connectivity index (χ0) is 4.12. The van der Waals surface area contributed by atoms with Crippen LogP contribution < -0.4 is 0 Å². The van der Waals surface area contributed by atoms with Crippen molar-refractivity contribution in [2.75, 3.05) is 0 Å². The molecule has 0 aromatic heterocycles. The molecule has 0 aromatic rings. The van der Waals surface area contributed by atoms with Crippen molar-refractivity contribution in [1.82, 2.24) is 0 Å². The predicted molar refractivity (Wildman–Crippen MR) is 46.3 cm³/mol. The molecule has 0 amide bonds. The third-order valence-electron chi connectivity index (χ3n) is 0.471. The van der Waals surface area contributed by atoms with Crippen LogP contribution in [0.2, 0.25) is 0 Å². The van der Waals surface area contributed by atoms with Gasteiger partial charge >= 0.3 is 0 Å². The second-order valence-electron chi connectivity index (χ2n) is 0.977. The van der Waals surface area contributed by atoms with Gasteiger partial charge in [0.05, 0.1) is 0 Å². The summed E-state index contributed by atoms with van der Waals surface area (Å²) in [5.41, 5.74) is 0. The summed E-state index contributed by atoms with van der Waals surface area (Å²) in [6.07, 6.45) is 5.34. The molecule has 0 atom stereocenters. The van der Waals surface area contributed by atoms with Crippen molar-refractivity contribution in [3.63, 3.8) is 0 Å². The Morgan fingerprint density at radius 1 is 1.25 bits per heavy atom. The van der Waals surface area contributed by atoms with Crippen LogP contribution in [-0.4, -0.2) is 0 Å². The normalized spacial score (nSPS) is 6.25. The van der Waals surface area contributed by atoms with Gasteiger partial charge in [-0.1, -0.05) is 26.5 Å². The molecule has 0 aliphatic rings. The van der Waals surface area contributed by atoms with Crippen molar-refractivity contribution in [2.45, 2.75) is 27.7 Å². The van der Waals surface area contributed by atoms with Crippen LogP contribution in [-0.2, 0) is 0 Å². The van der Waals surface area contributed by atoms with Crippen LogP contribution in [0.15, 0.2) is 12.2 Å². The largest absolute Gasteiger partial charge is 0.147 e. The number of rotatable bonds is 1. The fourth-order valence-corrected chi connectivity index (χ4v) is 0.236. The minimum Gasteiger partial charge on any atom is -0.147 e. The summed E-state index contributed by atoms with van der Waals surface area (Å²) >= 11 is 0.